The summed E-state index contributed by atoms with van der Waals surface area (Å²) >= 11 is 12.0. The molecule has 4 heteroatoms. The molecule has 0 atom stereocenters. The van der Waals surface area contributed by atoms with Gasteiger partial charge in [-0.1, -0.05) is 41.4 Å². The minimum Gasteiger partial charge on any atom is -0.398 e. The lowest BCUT2D eigenvalue weighted by molar-refractivity contribution is 1.15. The number of nitrogens with two attached hydrogens (primary N) is 1. The molecule has 0 radical (unpaired) electrons. The van der Waals surface area contributed by atoms with Crippen molar-refractivity contribution in [1.82, 2.24) is 0 Å². The second-order valence-corrected chi connectivity index (χ2v) is 4.52. The molecule has 2 aromatic carbocycles. The first-order valence-corrected chi connectivity index (χ1v) is 5.95. The van der Waals surface area contributed by atoms with Crippen LogP contribution in [0.2, 0.25) is 10.0 Å². The van der Waals surface area contributed by atoms with Crippen LogP contribution in [0, 0.1) is 0 Å². The average molecular weight is 267 g/mol. The number of nitrogens with one attached hydrogen (secondary N) is 1. The van der Waals surface area contributed by atoms with Crippen LogP contribution in [0.5, 0.6) is 0 Å². The molecular formula is C13H12Cl2N2. The van der Waals surface area contributed by atoms with E-state index in [-0.39, 0.29) is 0 Å². The molecular weight excluding hydrogens is 255 g/mol. The monoisotopic (exact) mass is 266 g/mol. The molecule has 2 rings (SSSR count). The Morgan fingerprint density at radius 2 is 1.82 bits per heavy atom. The van der Waals surface area contributed by atoms with E-state index in [1.807, 2.05) is 24.3 Å². The smallest absolute Gasteiger partial charge is 0.0638 e. The SMILES string of the molecule is Nc1ccccc1CNc1cc(Cl)ccc1Cl. The molecule has 0 fully saturated rings. The number of rotatable bonds is 3. The summed E-state index contributed by atoms with van der Waals surface area (Å²) in [5.74, 6) is 0. The fraction of sp³-hybridized carbons (Fsp3) is 0.0769. The van der Waals surface area contributed by atoms with Gasteiger partial charge in [-0.05, 0) is 29.8 Å². The van der Waals surface area contributed by atoms with Crippen LogP contribution in [0.15, 0.2) is 42.5 Å². The average Bonchev–Trinajstić information content (AvgIpc) is 2.32. The van der Waals surface area contributed by atoms with Gasteiger partial charge in [0.2, 0.25) is 0 Å². The van der Waals surface area contributed by atoms with E-state index in [4.69, 9.17) is 28.9 Å². The van der Waals surface area contributed by atoms with Gasteiger partial charge in [0.05, 0.1) is 10.7 Å². The van der Waals surface area contributed by atoms with E-state index in [0.717, 1.165) is 16.9 Å². The molecule has 3 N–H and O–H groups in total. The van der Waals surface area contributed by atoms with Crippen LogP contribution in [0.4, 0.5) is 11.4 Å². The number of hydrogen-bond acceptors (Lipinski definition) is 2. The van der Waals surface area contributed by atoms with Crippen LogP contribution in [-0.2, 0) is 6.54 Å². The van der Waals surface area contributed by atoms with E-state index in [0.29, 0.717) is 16.6 Å². The summed E-state index contributed by atoms with van der Waals surface area (Å²) in [7, 11) is 0. The van der Waals surface area contributed by atoms with Crippen LogP contribution < -0.4 is 11.1 Å². The maximum Gasteiger partial charge on any atom is 0.0638 e. The molecule has 2 nitrogen and oxygen atoms in total. The van der Waals surface area contributed by atoms with Gasteiger partial charge in [-0.25, -0.2) is 0 Å². The van der Waals surface area contributed by atoms with Gasteiger partial charge in [-0.15, -0.1) is 0 Å². The minimum absolute atomic E-state index is 0.618. The molecule has 0 aromatic heterocycles. The highest BCUT2D eigenvalue weighted by atomic mass is 35.5. The quantitative estimate of drug-likeness (QED) is 0.818. The Kier molecular flexibility index (Phi) is 3.77. The highest BCUT2D eigenvalue weighted by Crippen LogP contribution is 2.26. The lowest BCUT2D eigenvalue weighted by Crippen LogP contribution is -2.03. The Balaban J connectivity index is 2.12. The third-order valence-corrected chi connectivity index (χ3v) is 3.02. The Hall–Kier alpha value is -1.38. The molecule has 0 spiro atoms. The summed E-state index contributed by atoms with van der Waals surface area (Å²) in [5.41, 5.74) is 8.45. The maximum atomic E-state index is 6.05. The largest absolute Gasteiger partial charge is 0.398 e. The van der Waals surface area contributed by atoms with E-state index in [2.05, 4.69) is 5.32 Å². The van der Waals surface area contributed by atoms with Crippen LogP contribution in [0.3, 0.4) is 0 Å². The first kappa shape index (κ1) is 12.1. The Labute approximate surface area is 110 Å². The fourth-order valence-corrected chi connectivity index (χ4v) is 1.88. The molecule has 0 heterocycles. The molecule has 0 aliphatic carbocycles. The van der Waals surface area contributed by atoms with Crippen molar-refractivity contribution in [1.29, 1.82) is 0 Å². The maximum absolute atomic E-state index is 6.05. The second kappa shape index (κ2) is 5.30. The second-order valence-electron chi connectivity index (χ2n) is 3.68. The number of halogens is 2. The summed E-state index contributed by atoms with van der Waals surface area (Å²) in [5, 5.41) is 4.51. The molecule has 0 bridgehead atoms. The standard InChI is InChI=1S/C13H12Cl2N2/c14-10-5-6-11(15)13(7-10)17-8-9-3-1-2-4-12(9)16/h1-7,17H,8,16H2. The van der Waals surface area contributed by atoms with Crippen molar-refractivity contribution in [3.8, 4) is 0 Å². The zero-order valence-electron chi connectivity index (χ0n) is 9.08. The minimum atomic E-state index is 0.618. The van der Waals surface area contributed by atoms with Crippen molar-refractivity contribution < 1.29 is 0 Å². The van der Waals surface area contributed by atoms with E-state index >= 15 is 0 Å². The highest BCUT2D eigenvalue weighted by Gasteiger charge is 2.02. The molecule has 0 unspecified atom stereocenters. The zero-order chi connectivity index (χ0) is 12.3. The van der Waals surface area contributed by atoms with Crippen LogP contribution in [0.25, 0.3) is 0 Å². The third kappa shape index (κ3) is 3.05. The fourth-order valence-electron chi connectivity index (χ4n) is 1.52. The molecule has 0 saturated carbocycles. The van der Waals surface area contributed by atoms with Gasteiger partial charge in [-0.3, -0.25) is 0 Å². The van der Waals surface area contributed by atoms with E-state index in [1.165, 1.54) is 0 Å². The number of hydrogen-bond donors (Lipinski definition) is 2. The first-order valence-electron chi connectivity index (χ1n) is 5.19. The highest BCUT2D eigenvalue weighted by molar-refractivity contribution is 6.35. The molecule has 88 valence electrons. The Morgan fingerprint density at radius 3 is 2.59 bits per heavy atom. The van der Waals surface area contributed by atoms with Crippen molar-refractivity contribution >= 4 is 34.6 Å². The molecule has 0 aliphatic rings. The predicted octanol–water partition coefficient (Wildman–Crippen LogP) is 4.19. The van der Waals surface area contributed by atoms with Crippen LogP contribution >= 0.6 is 23.2 Å². The van der Waals surface area contributed by atoms with Crippen molar-refractivity contribution in [2.24, 2.45) is 0 Å². The molecule has 2 aromatic rings. The molecule has 0 saturated heterocycles. The number of benzene rings is 2. The lowest BCUT2D eigenvalue weighted by atomic mass is 10.2. The first-order chi connectivity index (χ1) is 8.16. The summed E-state index contributed by atoms with van der Waals surface area (Å²) in [4.78, 5) is 0. The summed E-state index contributed by atoms with van der Waals surface area (Å²) < 4.78 is 0. The van der Waals surface area contributed by atoms with E-state index < -0.39 is 0 Å². The van der Waals surface area contributed by atoms with Crippen molar-refractivity contribution in [3.63, 3.8) is 0 Å². The van der Waals surface area contributed by atoms with Gasteiger partial charge in [-0.2, -0.15) is 0 Å². The summed E-state index contributed by atoms with van der Waals surface area (Å²) in [6.07, 6.45) is 0. The van der Waals surface area contributed by atoms with Crippen LogP contribution in [-0.4, -0.2) is 0 Å². The van der Waals surface area contributed by atoms with Gasteiger partial charge in [0.1, 0.15) is 0 Å². The molecule has 0 aliphatic heterocycles. The van der Waals surface area contributed by atoms with Gasteiger partial charge >= 0.3 is 0 Å². The Bertz CT molecular complexity index is 527. The van der Waals surface area contributed by atoms with Gasteiger partial charge in [0, 0.05) is 17.3 Å². The number of para-hydroxylation sites is 1. The van der Waals surface area contributed by atoms with Crippen molar-refractivity contribution in [3.05, 3.63) is 58.1 Å². The Morgan fingerprint density at radius 1 is 1.06 bits per heavy atom. The summed E-state index contributed by atoms with van der Waals surface area (Å²) in [6.45, 7) is 0.618. The molecule has 0 amide bonds. The van der Waals surface area contributed by atoms with Crippen LogP contribution in [0.1, 0.15) is 5.56 Å². The van der Waals surface area contributed by atoms with Gasteiger partial charge in [0.15, 0.2) is 0 Å². The summed E-state index contributed by atoms with van der Waals surface area (Å²) in [6, 6.07) is 13.0. The third-order valence-electron chi connectivity index (χ3n) is 2.45. The van der Waals surface area contributed by atoms with E-state index in [9.17, 15) is 0 Å². The van der Waals surface area contributed by atoms with E-state index in [1.54, 1.807) is 18.2 Å². The van der Waals surface area contributed by atoms with Crippen molar-refractivity contribution in [2.45, 2.75) is 6.54 Å². The molecule has 17 heavy (non-hydrogen) atoms. The number of nitrogen functional groups attached to an aromatic ring is 1. The topological polar surface area (TPSA) is 38.0 Å². The number of anilines is 2. The van der Waals surface area contributed by atoms with Gasteiger partial charge in [0.25, 0.3) is 0 Å². The van der Waals surface area contributed by atoms with Gasteiger partial charge < -0.3 is 11.1 Å². The lowest BCUT2D eigenvalue weighted by Gasteiger charge is -2.10. The van der Waals surface area contributed by atoms with Crippen molar-refractivity contribution in [2.75, 3.05) is 11.1 Å². The normalized spacial score (nSPS) is 10.2. The zero-order valence-corrected chi connectivity index (χ0v) is 10.6. The predicted molar refractivity (Wildman–Crippen MR) is 74.6 cm³/mol.